The number of furan rings is 1. The topological polar surface area (TPSA) is 17.0 Å². The largest absolute Gasteiger partial charge is 0.456 e. The Bertz CT molecular complexity index is 1010. The maximum atomic E-state index is 6.08. The Morgan fingerprint density at radius 1 is 0.909 bits per heavy atom. The van der Waals surface area contributed by atoms with Gasteiger partial charge in [0.2, 0.25) is 5.69 Å². The zero-order valence-electron chi connectivity index (χ0n) is 13.1. The van der Waals surface area contributed by atoms with E-state index in [1.165, 1.54) is 33.2 Å². The van der Waals surface area contributed by atoms with Crippen LogP contribution in [0.4, 0.5) is 0 Å². The average Bonchev–Trinajstić information content (AvgIpc) is 2.87. The fraction of sp³-hybridized carbons (Fsp3) is 0.150. The number of nitrogens with zero attached hydrogens (tertiary/aromatic N) is 1. The summed E-state index contributed by atoms with van der Waals surface area (Å²) in [5.41, 5.74) is 6.94. The Labute approximate surface area is 129 Å². The predicted molar refractivity (Wildman–Crippen MR) is 89.8 cm³/mol. The number of aromatic nitrogens is 1. The first-order valence-corrected chi connectivity index (χ1v) is 7.53. The summed E-state index contributed by atoms with van der Waals surface area (Å²) in [6, 6.07) is 16.7. The summed E-state index contributed by atoms with van der Waals surface area (Å²) in [6.07, 6.45) is 2.09. The molecule has 4 rings (SSSR count). The third-order valence-electron chi connectivity index (χ3n) is 4.50. The first-order valence-electron chi connectivity index (χ1n) is 7.53. The highest BCUT2D eigenvalue weighted by molar-refractivity contribution is 6.12. The number of pyridine rings is 1. The second-order valence-corrected chi connectivity index (χ2v) is 5.86. The quantitative estimate of drug-likeness (QED) is 0.464. The molecule has 2 heterocycles. The summed E-state index contributed by atoms with van der Waals surface area (Å²) in [5, 5.41) is 2.39. The van der Waals surface area contributed by atoms with Crippen LogP contribution in [-0.4, -0.2) is 0 Å². The van der Waals surface area contributed by atoms with Crippen molar-refractivity contribution in [2.75, 3.05) is 0 Å². The molecule has 22 heavy (non-hydrogen) atoms. The maximum Gasteiger partial charge on any atom is 0.213 e. The number of aryl methyl sites for hydroxylation is 2. The number of benzene rings is 2. The summed E-state index contributed by atoms with van der Waals surface area (Å²) in [6.45, 7) is 4.34. The minimum absolute atomic E-state index is 0.947. The molecule has 0 bridgehead atoms. The Morgan fingerprint density at radius 2 is 1.68 bits per heavy atom. The van der Waals surface area contributed by atoms with Crippen LogP contribution in [0, 0.1) is 13.8 Å². The van der Waals surface area contributed by atoms with Gasteiger partial charge in [-0.05, 0) is 43.2 Å². The fourth-order valence-electron chi connectivity index (χ4n) is 3.22. The van der Waals surface area contributed by atoms with Crippen LogP contribution in [0.1, 0.15) is 11.1 Å². The molecule has 2 aromatic heterocycles. The highest BCUT2D eigenvalue weighted by atomic mass is 16.3. The standard InChI is InChI=1S/C20H18NO/c1-13-12-18-20(15-8-4-5-10-17(15)22-18)19(14(13)2)16-9-6-7-11-21(16)3/h4-12H,1-3H3/q+1. The summed E-state index contributed by atoms with van der Waals surface area (Å²) in [4.78, 5) is 0. The lowest BCUT2D eigenvalue weighted by atomic mass is 9.94. The van der Waals surface area contributed by atoms with Crippen LogP contribution in [0.2, 0.25) is 0 Å². The molecule has 2 heteroatoms. The summed E-state index contributed by atoms with van der Waals surface area (Å²) >= 11 is 0. The summed E-state index contributed by atoms with van der Waals surface area (Å²) < 4.78 is 8.25. The number of hydrogen-bond acceptors (Lipinski definition) is 1. The van der Waals surface area contributed by atoms with Gasteiger partial charge in [0.25, 0.3) is 0 Å². The highest BCUT2D eigenvalue weighted by Gasteiger charge is 2.21. The van der Waals surface area contributed by atoms with Gasteiger partial charge in [-0.3, -0.25) is 0 Å². The van der Waals surface area contributed by atoms with Crippen LogP contribution in [0.15, 0.2) is 59.1 Å². The molecule has 0 fully saturated rings. The molecule has 0 aliphatic rings. The molecule has 4 aromatic rings. The Balaban J connectivity index is 2.25. The Hall–Kier alpha value is -2.61. The molecule has 0 aliphatic heterocycles. The van der Waals surface area contributed by atoms with Crippen molar-refractivity contribution in [3.8, 4) is 11.3 Å². The second kappa shape index (κ2) is 4.70. The van der Waals surface area contributed by atoms with Crippen LogP contribution in [0.3, 0.4) is 0 Å². The van der Waals surface area contributed by atoms with E-state index in [0.717, 1.165) is 11.2 Å². The molecule has 0 atom stereocenters. The monoisotopic (exact) mass is 288 g/mol. The van der Waals surface area contributed by atoms with E-state index in [9.17, 15) is 0 Å². The van der Waals surface area contributed by atoms with Crippen LogP contribution in [-0.2, 0) is 7.05 Å². The summed E-state index contributed by atoms with van der Waals surface area (Å²) in [7, 11) is 2.09. The van der Waals surface area contributed by atoms with E-state index in [-0.39, 0.29) is 0 Å². The van der Waals surface area contributed by atoms with Crippen molar-refractivity contribution in [2.24, 2.45) is 7.05 Å². The van der Waals surface area contributed by atoms with Crippen LogP contribution in [0.25, 0.3) is 33.2 Å². The van der Waals surface area contributed by atoms with Gasteiger partial charge in [-0.25, -0.2) is 4.57 Å². The number of fused-ring (bicyclic) bond motifs is 3. The Kier molecular flexibility index (Phi) is 2.80. The smallest absolute Gasteiger partial charge is 0.213 e. The molecule has 0 N–H and O–H groups in total. The first-order chi connectivity index (χ1) is 10.7. The normalized spacial score (nSPS) is 11.4. The van der Waals surface area contributed by atoms with E-state index < -0.39 is 0 Å². The summed E-state index contributed by atoms with van der Waals surface area (Å²) in [5.74, 6) is 0. The molecule has 0 radical (unpaired) electrons. The first kappa shape index (κ1) is 13.1. The van der Waals surface area contributed by atoms with Crippen LogP contribution in [0.5, 0.6) is 0 Å². The number of para-hydroxylation sites is 1. The lowest BCUT2D eigenvalue weighted by molar-refractivity contribution is -0.660. The van der Waals surface area contributed by atoms with Crippen molar-refractivity contribution in [1.82, 2.24) is 0 Å². The van der Waals surface area contributed by atoms with Gasteiger partial charge in [-0.2, -0.15) is 0 Å². The molecule has 0 aliphatic carbocycles. The van der Waals surface area contributed by atoms with Crippen LogP contribution < -0.4 is 4.57 Å². The van der Waals surface area contributed by atoms with E-state index in [0.29, 0.717) is 0 Å². The molecule has 0 saturated carbocycles. The number of rotatable bonds is 1. The number of hydrogen-bond donors (Lipinski definition) is 0. The molecule has 0 unspecified atom stereocenters. The van der Waals surface area contributed by atoms with Gasteiger partial charge in [0.15, 0.2) is 6.20 Å². The molecule has 2 aromatic carbocycles. The second-order valence-electron chi connectivity index (χ2n) is 5.86. The zero-order valence-corrected chi connectivity index (χ0v) is 13.1. The van der Waals surface area contributed by atoms with Gasteiger partial charge >= 0.3 is 0 Å². The van der Waals surface area contributed by atoms with Crippen molar-refractivity contribution in [2.45, 2.75) is 13.8 Å². The minimum Gasteiger partial charge on any atom is -0.456 e. The average molecular weight is 288 g/mol. The van der Waals surface area contributed by atoms with Gasteiger partial charge < -0.3 is 4.42 Å². The highest BCUT2D eigenvalue weighted by Crippen LogP contribution is 2.38. The van der Waals surface area contributed by atoms with E-state index in [4.69, 9.17) is 4.42 Å². The molecule has 2 nitrogen and oxygen atoms in total. The van der Waals surface area contributed by atoms with E-state index in [2.05, 4.69) is 68.1 Å². The molecule has 108 valence electrons. The fourth-order valence-corrected chi connectivity index (χ4v) is 3.22. The third kappa shape index (κ3) is 1.77. The third-order valence-corrected chi connectivity index (χ3v) is 4.50. The minimum atomic E-state index is 0.947. The van der Waals surface area contributed by atoms with Gasteiger partial charge in [0.05, 0.1) is 5.56 Å². The van der Waals surface area contributed by atoms with Crippen molar-refractivity contribution in [3.63, 3.8) is 0 Å². The zero-order chi connectivity index (χ0) is 15.3. The van der Waals surface area contributed by atoms with E-state index >= 15 is 0 Å². The van der Waals surface area contributed by atoms with Crippen molar-refractivity contribution in [1.29, 1.82) is 0 Å². The molecule has 0 saturated heterocycles. The Morgan fingerprint density at radius 3 is 2.50 bits per heavy atom. The van der Waals surface area contributed by atoms with Gasteiger partial charge in [-0.15, -0.1) is 0 Å². The van der Waals surface area contributed by atoms with E-state index in [1.54, 1.807) is 0 Å². The van der Waals surface area contributed by atoms with Gasteiger partial charge in [0.1, 0.15) is 18.2 Å². The van der Waals surface area contributed by atoms with Crippen molar-refractivity contribution < 1.29 is 8.98 Å². The van der Waals surface area contributed by atoms with Gasteiger partial charge in [-0.1, -0.05) is 18.2 Å². The predicted octanol–water partition coefficient (Wildman–Crippen LogP) is 4.69. The van der Waals surface area contributed by atoms with Crippen molar-refractivity contribution in [3.05, 3.63) is 65.9 Å². The lowest BCUT2D eigenvalue weighted by Gasteiger charge is -2.09. The molecular weight excluding hydrogens is 270 g/mol. The SMILES string of the molecule is Cc1cc2oc3ccccc3c2c(-c2cccc[n+]2C)c1C. The van der Waals surface area contributed by atoms with Crippen molar-refractivity contribution >= 4 is 21.9 Å². The van der Waals surface area contributed by atoms with E-state index in [1.807, 2.05) is 12.1 Å². The molecule has 0 spiro atoms. The maximum absolute atomic E-state index is 6.08. The van der Waals surface area contributed by atoms with Gasteiger partial charge in [0, 0.05) is 22.9 Å². The molecule has 0 amide bonds. The molecular formula is C20H18NO+. The lowest BCUT2D eigenvalue weighted by Crippen LogP contribution is -2.30. The van der Waals surface area contributed by atoms with Crippen LogP contribution >= 0.6 is 0 Å².